The lowest BCUT2D eigenvalue weighted by Gasteiger charge is -2.25. The van der Waals surface area contributed by atoms with E-state index in [1.165, 1.54) is 11.1 Å². The number of anilines is 1. The Kier molecular flexibility index (Phi) is 7.56. The summed E-state index contributed by atoms with van der Waals surface area (Å²) >= 11 is 1.62. The molecule has 1 aliphatic heterocycles. The number of amides is 2. The summed E-state index contributed by atoms with van der Waals surface area (Å²) in [5.41, 5.74) is 7.14. The largest absolute Gasteiger partial charge is 0.352 e. The number of carbonyl (C=O) groups excluding carboxylic acids is 2. The molecule has 0 fully saturated rings. The molecule has 0 unspecified atom stereocenters. The van der Waals surface area contributed by atoms with Gasteiger partial charge in [-0.2, -0.15) is 5.10 Å². The average molecular weight is 519 g/mol. The van der Waals surface area contributed by atoms with Crippen LogP contribution in [-0.4, -0.2) is 39.9 Å². The highest BCUT2D eigenvalue weighted by atomic mass is 32.2. The van der Waals surface area contributed by atoms with Crippen LogP contribution < -0.4 is 10.2 Å². The van der Waals surface area contributed by atoms with Gasteiger partial charge in [0.1, 0.15) is 12.4 Å². The van der Waals surface area contributed by atoms with Crippen molar-refractivity contribution < 1.29 is 9.59 Å². The number of hydrogen-bond acceptors (Lipinski definition) is 4. The minimum absolute atomic E-state index is 0.0162. The number of aromatic nitrogens is 2. The smallest absolute Gasteiger partial charge is 0.240 e. The second kappa shape index (κ2) is 10.4. The van der Waals surface area contributed by atoms with Gasteiger partial charge >= 0.3 is 0 Å². The predicted octanol–water partition coefficient (Wildman–Crippen LogP) is 5.79. The summed E-state index contributed by atoms with van der Waals surface area (Å²) in [6.07, 6.45) is 0. The Morgan fingerprint density at radius 3 is 2.43 bits per heavy atom. The summed E-state index contributed by atoms with van der Waals surface area (Å²) in [5, 5.41) is 8.07. The van der Waals surface area contributed by atoms with E-state index >= 15 is 0 Å². The number of thioether (sulfide) groups is 1. The van der Waals surface area contributed by atoms with Crippen LogP contribution in [0.25, 0.3) is 5.69 Å². The first kappa shape index (κ1) is 27.0. The maximum Gasteiger partial charge on any atom is 0.240 e. The molecule has 3 aromatic rings. The quantitative estimate of drug-likeness (QED) is 0.464. The molecular formula is C30H38N4O2S. The summed E-state index contributed by atoms with van der Waals surface area (Å²) in [5.74, 6) is 0.699. The minimum Gasteiger partial charge on any atom is -0.352 e. The predicted molar refractivity (Wildman–Crippen MR) is 153 cm³/mol. The summed E-state index contributed by atoms with van der Waals surface area (Å²) in [4.78, 5) is 28.4. The summed E-state index contributed by atoms with van der Waals surface area (Å²) < 4.78 is 1.91. The number of benzene rings is 2. The van der Waals surface area contributed by atoms with Crippen LogP contribution in [0.5, 0.6) is 0 Å². The van der Waals surface area contributed by atoms with Crippen LogP contribution in [0.4, 0.5) is 5.82 Å². The number of carbonyl (C=O) groups is 2. The third-order valence-corrected chi connectivity index (χ3v) is 7.84. The Morgan fingerprint density at radius 2 is 1.81 bits per heavy atom. The molecule has 2 heterocycles. The van der Waals surface area contributed by atoms with Crippen molar-refractivity contribution in [2.45, 2.75) is 72.1 Å². The van der Waals surface area contributed by atoms with Gasteiger partial charge in [0.15, 0.2) is 0 Å². The van der Waals surface area contributed by atoms with E-state index in [1.807, 2.05) is 24.6 Å². The molecule has 0 saturated carbocycles. The molecule has 2 aromatic carbocycles. The fourth-order valence-electron chi connectivity index (χ4n) is 4.92. The number of aryl methyl sites for hydroxylation is 3. The molecule has 0 radical (unpaired) electrons. The SMILES string of the molecule is Cc1ccc(-n2nc(C(C)(C)C)c3c2N(CC(=O)NC(C)C)C(=O)CS[C@H]3c2ccccc2C)c(C)c1. The standard InChI is InChI=1S/C30H38N4O2S/c1-18(2)31-24(35)16-33-25(36)17-37-27(22-12-10-9-11-20(22)4)26-28(30(6,7)8)32-34(29(26)33)23-14-13-19(3)15-21(23)5/h9-15,18,27H,16-17H2,1-8H3,(H,31,35)/t27-/m0/s1. The highest BCUT2D eigenvalue weighted by Gasteiger charge is 2.40. The molecule has 0 bridgehead atoms. The summed E-state index contributed by atoms with van der Waals surface area (Å²) in [7, 11) is 0. The second-order valence-electron chi connectivity index (χ2n) is 11.3. The maximum atomic E-state index is 13.7. The Morgan fingerprint density at radius 1 is 1.11 bits per heavy atom. The number of rotatable bonds is 5. The molecule has 7 heteroatoms. The monoisotopic (exact) mass is 518 g/mol. The van der Waals surface area contributed by atoms with Crippen molar-refractivity contribution in [1.29, 1.82) is 0 Å². The van der Waals surface area contributed by atoms with E-state index in [9.17, 15) is 9.59 Å². The number of fused-ring (bicyclic) bond motifs is 1. The van der Waals surface area contributed by atoms with Crippen LogP contribution in [0, 0.1) is 20.8 Å². The van der Waals surface area contributed by atoms with Gasteiger partial charge < -0.3 is 5.32 Å². The van der Waals surface area contributed by atoms with E-state index in [2.05, 4.69) is 83.3 Å². The van der Waals surface area contributed by atoms with Gasteiger partial charge in [-0.15, -0.1) is 11.8 Å². The summed E-state index contributed by atoms with van der Waals surface area (Å²) in [6.45, 7) is 16.5. The van der Waals surface area contributed by atoms with E-state index in [0.29, 0.717) is 5.82 Å². The van der Waals surface area contributed by atoms with Crippen molar-refractivity contribution in [3.05, 3.63) is 76.0 Å². The third kappa shape index (κ3) is 5.47. The Balaban J connectivity index is 2.06. The van der Waals surface area contributed by atoms with Crippen LogP contribution in [-0.2, 0) is 15.0 Å². The topological polar surface area (TPSA) is 67.2 Å². The van der Waals surface area contributed by atoms with E-state index in [0.717, 1.165) is 28.1 Å². The van der Waals surface area contributed by atoms with Crippen LogP contribution >= 0.6 is 11.8 Å². The van der Waals surface area contributed by atoms with Crippen LogP contribution in [0.3, 0.4) is 0 Å². The third-order valence-electron chi connectivity index (χ3n) is 6.60. The average Bonchev–Trinajstić information content (AvgIpc) is 3.12. The number of nitrogens with one attached hydrogen (secondary N) is 1. The molecule has 196 valence electrons. The van der Waals surface area contributed by atoms with E-state index < -0.39 is 0 Å². The first-order valence-electron chi connectivity index (χ1n) is 12.9. The van der Waals surface area contributed by atoms with Crippen LogP contribution in [0.2, 0.25) is 0 Å². The van der Waals surface area contributed by atoms with Crippen LogP contribution in [0.1, 0.15) is 73.4 Å². The number of nitrogens with zero attached hydrogens (tertiary/aromatic N) is 3. The van der Waals surface area contributed by atoms with Gasteiger partial charge in [-0.05, 0) is 57.4 Å². The molecule has 0 saturated heterocycles. The maximum absolute atomic E-state index is 13.7. The van der Waals surface area contributed by atoms with Crippen molar-refractivity contribution in [1.82, 2.24) is 15.1 Å². The Labute approximate surface area is 224 Å². The molecule has 1 atom stereocenters. The lowest BCUT2D eigenvalue weighted by atomic mass is 9.86. The number of hydrogen-bond donors (Lipinski definition) is 1. The zero-order valence-corrected chi connectivity index (χ0v) is 24.0. The second-order valence-corrected chi connectivity index (χ2v) is 12.4. The lowest BCUT2D eigenvalue weighted by Crippen LogP contribution is -2.44. The zero-order valence-electron chi connectivity index (χ0n) is 23.2. The molecule has 0 spiro atoms. The van der Waals surface area contributed by atoms with E-state index in [4.69, 9.17) is 5.10 Å². The first-order valence-corrected chi connectivity index (χ1v) is 13.9. The van der Waals surface area contributed by atoms with Gasteiger partial charge in [-0.3, -0.25) is 14.5 Å². The zero-order chi connectivity index (χ0) is 27.1. The summed E-state index contributed by atoms with van der Waals surface area (Å²) in [6, 6.07) is 14.6. The molecule has 4 rings (SSSR count). The van der Waals surface area contributed by atoms with Gasteiger partial charge in [0.25, 0.3) is 0 Å². The van der Waals surface area contributed by atoms with Gasteiger partial charge in [-0.1, -0.05) is 62.7 Å². The minimum atomic E-state index is -0.283. The fraction of sp³-hybridized carbons (Fsp3) is 0.433. The van der Waals surface area contributed by atoms with E-state index in [1.54, 1.807) is 16.7 Å². The molecule has 1 N–H and O–H groups in total. The molecule has 1 aromatic heterocycles. The van der Waals surface area contributed by atoms with E-state index in [-0.39, 0.29) is 40.8 Å². The molecule has 0 aliphatic carbocycles. The van der Waals surface area contributed by atoms with Crippen LogP contribution in [0.15, 0.2) is 42.5 Å². The van der Waals surface area contributed by atoms with Crippen molar-refractivity contribution in [3.8, 4) is 5.69 Å². The molecule has 37 heavy (non-hydrogen) atoms. The van der Waals surface area contributed by atoms with Gasteiger partial charge in [-0.25, -0.2) is 4.68 Å². The highest BCUT2D eigenvalue weighted by molar-refractivity contribution is 8.00. The van der Waals surface area contributed by atoms with Crippen molar-refractivity contribution in [3.63, 3.8) is 0 Å². The lowest BCUT2D eigenvalue weighted by molar-refractivity contribution is -0.123. The fourth-order valence-corrected chi connectivity index (χ4v) is 6.21. The Bertz CT molecular complexity index is 1340. The molecule has 1 aliphatic rings. The van der Waals surface area contributed by atoms with Crippen molar-refractivity contribution in [2.24, 2.45) is 0 Å². The van der Waals surface area contributed by atoms with Gasteiger partial charge in [0.2, 0.25) is 11.8 Å². The van der Waals surface area contributed by atoms with Gasteiger partial charge in [0, 0.05) is 17.0 Å². The van der Waals surface area contributed by atoms with Crippen molar-refractivity contribution in [2.75, 3.05) is 17.2 Å². The molecule has 2 amide bonds. The highest BCUT2D eigenvalue weighted by Crippen LogP contribution is 2.49. The first-order chi connectivity index (χ1) is 17.4. The van der Waals surface area contributed by atoms with Gasteiger partial charge in [0.05, 0.1) is 22.4 Å². The normalized spacial score (nSPS) is 16.1. The Hall–Kier alpha value is -3.06. The molecule has 6 nitrogen and oxygen atoms in total. The van der Waals surface area contributed by atoms with Crippen molar-refractivity contribution >= 4 is 29.4 Å². The molecular weight excluding hydrogens is 480 g/mol.